The van der Waals surface area contributed by atoms with Crippen LogP contribution in [0.2, 0.25) is 10.0 Å². The van der Waals surface area contributed by atoms with Crippen LogP contribution in [-0.4, -0.2) is 26.9 Å². The highest BCUT2D eigenvalue weighted by Crippen LogP contribution is 2.23. The average Bonchev–Trinajstić information content (AvgIpc) is 3.07. The summed E-state index contributed by atoms with van der Waals surface area (Å²) in [5.74, 6) is -1.34. The van der Waals surface area contributed by atoms with Crippen molar-refractivity contribution in [3.63, 3.8) is 0 Å². The van der Waals surface area contributed by atoms with Gasteiger partial charge in [0.2, 0.25) is 5.75 Å². The molecule has 0 spiro atoms. The number of fused-ring (bicyclic) bond motifs is 1. The lowest BCUT2D eigenvalue weighted by atomic mass is 10.2. The number of rotatable bonds is 6. The predicted octanol–water partition coefficient (Wildman–Crippen LogP) is 2.81. The van der Waals surface area contributed by atoms with Gasteiger partial charge >= 0.3 is 5.56 Å². The van der Waals surface area contributed by atoms with E-state index < -0.39 is 17.2 Å². The fraction of sp³-hybridized carbons (Fsp3) is 0.235. The molecule has 3 rings (SSSR count). The largest absolute Gasteiger partial charge is 0.501 e. The van der Waals surface area contributed by atoms with Crippen molar-refractivity contribution in [1.29, 1.82) is 0 Å². The number of benzene rings is 1. The summed E-state index contributed by atoms with van der Waals surface area (Å²) < 4.78 is 1.24. The lowest BCUT2D eigenvalue weighted by Crippen LogP contribution is -2.27. The standard InChI is InChI=1S/C17H16Cl2N4O3S/c1-2-20-7-10-8-23-16(26)14(24)13(22-17(23)27-10)15(25)21-6-9-3-4-11(18)12(19)5-9/h3-5,8,20,24H,2,6-7H2,1H3,(H,21,25). The summed E-state index contributed by atoms with van der Waals surface area (Å²) in [6, 6.07) is 4.96. The van der Waals surface area contributed by atoms with Gasteiger partial charge in [0.05, 0.1) is 10.0 Å². The van der Waals surface area contributed by atoms with Gasteiger partial charge in [0.1, 0.15) is 0 Å². The molecule has 0 aliphatic heterocycles. The van der Waals surface area contributed by atoms with Crippen LogP contribution in [0.3, 0.4) is 0 Å². The van der Waals surface area contributed by atoms with Crippen molar-refractivity contribution in [3.05, 3.63) is 60.9 Å². The number of carbonyl (C=O) groups excluding carboxylic acids is 1. The fourth-order valence-electron chi connectivity index (χ4n) is 2.38. The Hall–Kier alpha value is -2.13. The lowest BCUT2D eigenvalue weighted by molar-refractivity contribution is 0.0943. The molecule has 27 heavy (non-hydrogen) atoms. The second-order valence-electron chi connectivity index (χ2n) is 5.68. The van der Waals surface area contributed by atoms with Crippen LogP contribution in [0, 0.1) is 0 Å². The van der Waals surface area contributed by atoms with Crippen molar-refractivity contribution in [2.45, 2.75) is 20.0 Å². The molecule has 0 unspecified atom stereocenters. The Morgan fingerprint density at radius 2 is 2.07 bits per heavy atom. The van der Waals surface area contributed by atoms with E-state index in [2.05, 4.69) is 15.6 Å². The molecule has 0 bridgehead atoms. The normalized spacial score (nSPS) is 11.1. The maximum Gasteiger partial charge on any atom is 0.301 e. The maximum atomic E-state index is 12.4. The van der Waals surface area contributed by atoms with E-state index >= 15 is 0 Å². The van der Waals surface area contributed by atoms with E-state index in [1.165, 1.54) is 15.7 Å². The Morgan fingerprint density at radius 3 is 2.78 bits per heavy atom. The van der Waals surface area contributed by atoms with Crippen LogP contribution in [0.1, 0.15) is 27.9 Å². The smallest absolute Gasteiger partial charge is 0.301 e. The van der Waals surface area contributed by atoms with Crippen LogP contribution >= 0.6 is 34.5 Å². The van der Waals surface area contributed by atoms with Crippen molar-refractivity contribution in [2.75, 3.05) is 6.54 Å². The highest BCUT2D eigenvalue weighted by Gasteiger charge is 2.20. The van der Waals surface area contributed by atoms with Crippen molar-refractivity contribution in [3.8, 4) is 5.75 Å². The van der Waals surface area contributed by atoms with E-state index in [1.807, 2.05) is 6.92 Å². The number of carbonyl (C=O) groups is 1. The quantitative estimate of drug-likeness (QED) is 0.563. The first-order chi connectivity index (χ1) is 12.9. The Morgan fingerprint density at radius 1 is 1.30 bits per heavy atom. The van der Waals surface area contributed by atoms with Gasteiger partial charge < -0.3 is 15.7 Å². The molecule has 0 aliphatic carbocycles. The minimum Gasteiger partial charge on any atom is -0.501 e. The Kier molecular flexibility index (Phi) is 6.01. The molecule has 7 nitrogen and oxygen atoms in total. The molecule has 0 saturated carbocycles. The van der Waals surface area contributed by atoms with E-state index in [1.54, 1.807) is 24.4 Å². The number of nitrogens with one attached hydrogen (secondary N) is 2. The third kappa shape index (κ3) is 4.24. The molecule has 0 atom stereocenters. The van der Waals surface area contributed by atoms with Crippen molar-refractivity contribution < 1.29 is 9.90 Å². The van der Waals surface area contributed by atoms with E-state index in [9.17, 15) is 14.7 Å². The number of hydrogen-bond donors (Lipinski definition) is 3. The van der Waals surface area contributed by atoms with E-state index in [0.717, 1.165) is 17.0 Å². The molecule has 1 amide bonds. The molecular weight excluding hydrogens is 411 g/mol. The van der Waals surface area contributed by atoms with Gasteiger partial charge in [-0.15, -0.1) is 0 Å². The zero-order chi connectivity index (χ0) is 19.6. The molecule has 10 heteroatoms. The van der Waals surface area contributed by atoms with Crippen LogP contribution in [0.25, 0.3) is 4.96 Å². The second-order valence-corrected chi connectivity index (χ2v) is 7.58. The zero-order valence-corrected chi connectivity index (χ0v) is 16.6. The summed E-state index contributed by atoms with van der Waals surface area (Å²) in [6.07, 6.45) is 1.61. The molecule has 0 saturated heterocycles. The first-order valence-electron chi connectivity index (χ1n) is 8.07. The summed E-state index contributed by atoms with van der Waals surface area (Å²) in [5.41, 5.74) is -0.269. The number of halogens is 2. The Bertz CT molecular complexity index is 1060. The minimum absolute atomic E-state index is 0.145. The predicted molar refractivity (Wildman–Crippen MR) is 106 cm³/mol. The highest BCUT2D eigenvalue weighted by molar-refractivity contribution is 7.17. The lowest BCUT2D eigenvalue weighted by Gasteiger charge is -2.07. The highest BCUT2D eigenvalue weighted by atomic mass is 35.5. The van der Waals surface area contributed by atoms with Gasteiger partial charge in [-0.1, -0.05) is 47.5 Å². The first kappa shape index (κ1) is 19.6. The molecule has 3 aromatic rings. The molecule has 142 valence electrons. The number of aromatic hydroxyl groups is 1. The number of thiazole rings is 1. The van der Waals surface area contributed by atoms with Crippen molar-refractivity contribution in [1.82, 2.24) is 20.0 Å². The number of nitrogens with zero attached hydrogens (tertiary/aromatic N) is 2. The van der Waals surface area contributed by atoms with Crippen LogP contribution in [0.5, 0.6) is 5.75 Å². The van der Waals surface area contributed by atoms with Crippen LogP contribution in [0.4, 0.5) is 0 Å². The van der Waals surface area contributed by atoms with Gasteiger partial charge in [0.25, 0.3) is 5.91 Å². The number of amides is 1. The molecule has 2 heterocycles. The second kappa shape index (κ2) is 8.26. The Balaban J connectivity index is 1.84. The summed E-state index contributed by atoms with van der Waals surface area (Å²) >= 11 is 13.1. The van der Waals surface area contributed by atoms with Gasteiger partial charge in [-0.2, -0.15) is 0 Å². The van der Waals surface area contributed by atoms with E-state index in [0.29, 0.717) is 21.6 Å². The zero-order valence-electron chi connectivity index (χ0n) is 14.3. The summed E-state index contributed by atoms with van der Waals surface area (Å²) in [4.78, 5) is 30.1. The van der Waals surface area contributed by atoms with Gasteiger partial charge in [-0.05, 0) is 24.2 Å². The Labute approximate surface area is 168 Å². The third-order valence-electron chi connectivity index (χ3n) is 3.76. The van der Waals surface area contributed by atoms with Crippen LogP contribution in [-0.2, 0) is 13.1 Å². The summed E-state index contributed by atoms with van der Waals surface area (Å²) in [7, 11) is 0. The van der Waals surface area contributed by atoms with Gasteiger partial charge in [0.15, 0.2) is 10.7 Å². The topological polar surface area (TPSA) is 95.7 Å². The number of hydrogen-bond acceptors (Lipinski definition) is 6. The third-order valence-corrected chi connectivity index (χ3v) is 5.48. The van der Waals surface area contributed by atoms with E-state index in [4.69, 9.17) is 23.2 Å². The number of aromatic nitrogens is 2. The molecule has 0 fully saturated rings. The summed E-state index contributed by atoms with van der Waals surface area (Å²) in [5, 5.41) is 16.7. The van der Waals surface area contributed by atoms with Crippen molar-refractivity contribution >= 4 is 45.4 Å². The SMILES string of the molecule is CCNCc1cn2c(=O)c(O)c(C(=O)NCc3ccc(Cl)c(Cl)c3)nc2s1. The minimum atomic E-state index is -0.688. The molecule has 3 N–H and O–H groups in total. The molecule has 0 aliphatic rings. The van der Waals surface area contributed by atoms with Crippen molar-refractivity contribution in [2.24, 2.45) is 0 Å². The first-order valence-corrected chi connectivity index (χ1v) is 9.64. The molecular formula is C17H16Cl2N4O3S. The summed E-state index contributed by atoms with van der Waals surface area (Å²) in [6.45, 7) is 3.47. The monoisotopic (exact) mass is 426 g/mol. The fourth-order valence-corrected chi connectivity index (χ4v) is 3.64. The molecule has 2 aromatic heterocycles. The van der Waals surface area contributed by atoms with Gasteiger partial charge in [-0.3, -0.25) is 14.0 Å². The molecule has 0 radical (unpaired) electrons. The van der Waals surface area contributed by atoms with Gasteiger partial charge in [0, 0.05) is 24.2 Å². The maximum absolute atomic E-state index is 12.4. The van der Waals surface area contributed by atoms with Gasteiger partial charge in [-0.25, -0.2) is 4.98 Å². The van der Waals surface area contributed by atoms with Crippen LogP contribution < -0.4 is 16.2 Å². The van der Waals surface area contributed by atoms with Crippen LogP contribution in [0.15, 0.2) is 29.2 Å². The average molecular weight is 427 g/mol. The molecule has 1 aromatic carbocycles. The van der Waals surface area contributed by atoms with E-state index in [-0.39, 0.29) is 12.2 Å².